The minimum Gasteiger partial charge on any atom is -0.299 e. The Morgan fingerprint density at radius 3 is 2.27 bits per heavy atom. The van der Waals surface area contributed by atoms with E-state index in [4.69, 9.17) is 0 Å². The van der Waals surface area contributed by atoms with Crippen LogP contribution in [-0.2, 0) is 9.59 Å². The molecule has 1 aromatic carbocycles. The molecule has 0 heterocycles. The molecule has 0 fully saturated rings. The number of hydrogen-bond acceptors (Lipinski definition) is 2. The molecule has 2 nitrogen and oxygen atoms in total. The lowest BCUT2D eigenvalue weighted by atomic mass is 9.91. The Balaban J connectivity index is 3.10. The standard InChI is InChI=1S/C12H11FO2/c1-3-11(15)12(8(2)14)9-4-6-10(13)7-5-9/h3-7,12H,1H2,2H3. The van der Waals surface area contributed by atoms with Gasteiger partial charge >= 0.3 is 0 Å². The molecule has 1 unspecified atom stereocenters. The number of ketones is 2. The lowest BCUT2D eigenvalue weighted by Gasteiger charge is -2.10. The van der Waals surface area contributed by atoms with Gasteiger partial charge in [-0.3, -0.25) is 9.59 Å². The van der Waals surface area contributed by atoms with Gasteiger partial charge in [-0.2, -0.15) is 0 Å². The first-order valence-electron chi connectivity index (χ1n) is 4.48. The molecule has 1 atom stereocenters. The largest absolute Gasteiger partial charge is 0.299 e. The molecule has 0 aromatic heterocycles. The molecular formula is C12H11FO2. The Kier molecular flexibility index (Phi) is 3.50. The maximum Gasteiger partial charge on any atom is 0.169 e. The van der Waals surface area contributed by atoms with Crippen LogP contribution in [0, 0.1) is 5.82 Å². The van der Waals surface area contributed by atoms with Crippen molar-refractivity contribution >= 4 is 11.6 Å². The summed E-state index contributed by atoms with van der Waals surface area (Å²) < 4.78 is 12.6. The van der Waals surface area contributed by atoms with Crippen molar-refractivity contribution in [2.75, 3.05) is 0 Å². The Labute approximate surface area is 87.4 Å². The van der Waals surface area contributed by atoms with Gasteiger partial charge in [-0.1, -0.05) is 18.7 Å². The maximum absolute atomic E-state index is 12.6. The van der Waals surface area contributed by atoms with E-state index in [1.54, 1.807) is 0 Å². The van der Waals surface area contributed by atoms with Crippen molar-refractivity contribution in [2.45, 2.75) is 12.8 Å². The van der Waals surface area contributed by atoms with Gasteiger partial charge in [0, 0.05) is 0 Å². The van der Waals surface area contributed by atoms with Crippen LogP contribution in [0.25, 0.3) is 0 Å². The van der Waals surface area contributed by atoms with Crippen LogP contribution in [-0.4, -0.2) is 11.6 Å². The summed E-state index contributed by atoms with van der Waals surface area (Å²) in [7, 11) is 0. The number of carbonyl (C=O) groups excluding carboxylic acids is 2. The third-order valence-electron chi connectivity index (χ3n) is 2.10. The van der Waals surface area contributed by atoms with Crippen LogP contribution in [0.5, 0.6) is 0 Å². The Morgan fingerprint density at radius 1 is 1.33 bits per heavy atom. The van der Waals surface area contributed by atoms with E-state index in [2.05, 4.69) is 6.58 Å². The SMILES string of the molecule is C=CC(=O)C(C(C)=O)c1ccc(F)cc1. The van der Waals surface area contributed by atoms with Crippen molar-refractivity contribution in [2.24, 2.45) is 0 Å². The van der Waals surface area contributed by atoms with Crippen LogP contribution in [0.1, 0.15) is 18.4 Å². The van der Waals surface area contributed by atoms with Crippen LogP contribution >= 0.6 is 0 Å². The molecule has 0 spiro atoms. The van der Waals surface area contributed by atoms with Gasteiger partial charge in [0.2, 0.25) is 0 Å². The summed E-state index contributed by atoms with van der Waals surface area (Å²) in [6.07, 6.45) is 1.11. The number of benzene rings is 1. The zero-order valence-corrected chi connectivity index (χ0v) is 8.37. The Morgan fingerprint density at radius 2 is 1.87 bits per heavy atom. The van der Waals surface area contributed by atoms with E-state index in [-0.39, 0.29) is 11.6 Å². The Hall–Kier alpha value is -1.77. The molecule has 3 heteroatoms. The molecule has 0 radical (unpaired) electrons. The number of allylic oxidation sites excluding steroid dienone is 1. The van der Waals surface area contributed by atoms with E-state index >= 15 is 0 Å². The summed E-state index contributed by atoms with van der Waals surface area (Å²) in [6, 6.07) is 5.31. The quantitative estimate of drug-likeness (QED) is 0.559. The second-order valence-electron chi connectivity index (χ2n) is 3.20. The van der Waals surface area contributed by atoms with Crippen molar-refractivity contribution in [1.29, 1.82) is 0 Å². The second kappa shape index (κ2) is 4.64. The zero-order chi connectivity index (χ0) is 11.4. The fraction of sp³-hybridized carbons (Fsp3) is 0.167. The highest BCUT2D eigenvalue weighted by Crippen LogP contribution is 2.18. The van der Waals surface area contributed by atoms with E-state index in [1.165, 1.54) is 31.2 Å². The summed E-state index contributed by atoms with van der Waals surface area (Å²) in [5.74, 6) is -1.89. The van der Waals surface area contributed by atoms with Crippen LogP contribution in [0.4, 0.5) is 4.39 Å². The third-order valence-corrected chi connectivity index (χ3v) is 2.10. The third kappa shape index (κ3) is 2.59. The fourth-order valence-electron chi connectivity index (χ4n) is 1.37. The molecule has 0 N–H and O–H groups in total. The normalized spacial score (nSPS) is 11.9. The van der Waals surface area contributed by atoms with Crippen molar-refractivity contribution in [3.8, 4) is 0 Å². The van der Waals surface area contributed by atoms with E-state index in [0.29, 0.717) is 5.56 Å². The molecule has 0 aliphatic heterocycles. The number of Topliss-reactive ketones (excluding diaryl/α,β-unsaturated/α-hetero) is 1. The smallest absolute Gasteiger partial charge is 0.169 e. The monoisotopic (exact) mass is 206 g/mol. The molecule has 0 aliphatic carbocycles. The first-order chi connectivity index (χ1) is 7.06. The van der Waals surface area contributed by atoms with Crippen molar-refractivity contribution in [1.82, 2.24) is 0 Å². The minimum absolute atomic E-state index is 0.272. The molecule has 0 saturated carbocycles. The van der Waals surface area contributed by atoms with Crippen molar-refractivity contribution in [3.63, 3.8) is 0 Å². The average molecular weight is 206 g/mol. The highest BCUT2D eigenvalue weighted by Gasteiger charge is 2.22. The van der Waals surface area contributed by atoms with Crippen LogP contribution < -0.4 is 0 Å². The maximum atomic E-state index is 12.6. The summed E-state index contributed by atoms with van der Waals surface area (Å²) in [5, 5.41) is 0. The summed E-state index contributed by atoms with van der Waals surface area (Å²) in [6.45, 7) is 4.66. The lowest BCUT2D eigenvalue weighted by molar-refractivity contribution is -0.125. The van der Waals surface area contributed by atoms with Gasteiger partial charge in [0.25, 0.3) is 0 Å². The van der Waals surface area contributed by atoms with Crippen molar-refractivity contribution < 1.29 is 14.0 Å². The molecular weight excluding hydrogens is 195 g/mol. The molecule has 1 aromatic rings. The molecule has 0 amide bonds. The molecule has 15 heavy (non-hydrogen) atoms. The Bertz CT molecular complexity index is 393. The van der Waals surface area contributed by atoms with Gasteiger partial charge in [0.05, 0.1) is 0 Å². The van der Waals surface area contributed by atoms with E-state index in [9.17, 15) is 14.0 Å². The van der Waals surface area contributed by atoms with Crippen molar-refractivity contribution in [3.05, 3.63) is 48.3 Å². The van der Waals surface area contributed by atoms with Gasteiger partial charge in [-0.15, -0.1) is 0 Å². The lowest BCUT2D eigenvalue weighted by Crippen LogP contribution is -2.17. The van der Waals surface area contributed by atoms with E-state index in [0.717, 1.165) is 6.08 Å². The van der Waals surface area contributed by atoms with E-state index < -0.39 is 11.7 Å². The predicted octanol–water partition coefficient (Wildman–Crippen LogP) is 2.25. The van der Waals surface area contributed by atoms with Gasteiger partial charge in [0.15, 0.2) is 5.78 Å². The van der Waals surface area contributed by atoms with Gasteiger partial charge in [0.1, 0.15) is 17.5 Å². The summed E-state index contributed by atoms with van der Waals surface area (Å²) >= 11 is 0. The average Bonchev–Trinajstić information content (AvgIpc) is 2.20. The topological polar surface area (TPSA) is 34.1 Å². The van der Waals surface area contributed by atoms with Crippen LogP contribution in [0.2, 0.25) is 0 Å². The molecule has 1 rings (SSSR count). The highest BCUT2D eigenvalue weighted by atomic mass is 19.1. The molecule has 0 bridgehead atoms. The summed E-state index contributed by atoms with van der Waals surface area (Å²) in [4.78, 5) is 22.7. The minimum atomic E-state index is -0.858. The number of halogens is 1. The van der Waals surface area contributed by atoms with Crippen LogP contribution in [0.15, 0.2) is 36.9 Å². The first-order valence-corrected chi connectivity index (χ1v) is 4.48. The number of rotatable bonds is 4. The van der Waals surface area contributed by atoms with Gasteiger partial charge in [-0.25, -0.2) is 4.39 Å². The number of carbonyl (C=O) groups is 2. The van der Waals surface area contributed by atoms with Gasteiger partial charge < -0.3 is 0 Å². The molecule has 78 valence electrons. The van der Waals surface area contributed by atoms with Gasteiger partial charge in [-0.05, 0) is 30.7 Å². The number of hydrogen-bond donors (Lipinski definition) is 0. The predicted molar refractivity (Wildman–Crippen MR) is 55.0 cm³/mol. The molecule has 0 aliphatic rings. The first kappa shape index (κ1) is 11.3. The molecule has 0 saturated heterocycles. The van der Waals surface area contributed by atoms with Crippen LogP contribution in [0.3, 0.4) is 0 Å². The summed E-state index contributed by atoms with van der Waals surface area (Å²) in [5.41, 5.74) is 0.494. The zero-order valence-electron chi connectivity index (χ0n) is 8.37. The fourth-order valence-corrected chi connectivity index (χ4v) is 1.37. The highest BCUT2D eigenvalue weighted by molar-refractivity contribution is 6.11. The van der Waals surface area contributed by atoms with E-state index in [1.807, 2.05) is 0 Å². The second-order valence-corrected chi connectivity index (χ2v) is 3.20.